The van der Waals surface area contributed by atoms with Gasteiger partial charge in [0.25, 0.3) is 0 Å². The van der Waals surface area contributed by atoms with E-state index in [9.17, 15) is 4.79 Å². The minimum atomic E-state index is 0.107. The zero-order chi connectivity index (χ0) is 17.3. The number of hydrogen-bond donors (Lipinski definition) is 1. The van der Waals surface area contributed by atoms with E-state index in [2.05, 4.69) is 22.2 Å². The number of thiazole rings is 1. The van der Waals surface area contributed by atoms with Crippen LogP contribution < -0.4 is 5.32 Å². The number of aromatic nitrogens is 1. The van der Waals surface area contributed by atoms with Crippen LogP contribution in [0.15, 0.2) is 11.6 Å². The van der Waals surface area contributed by atoms with Crippen molar-refractivity contribution in [1.29, 1.82) is 0 Å². The maximum Gasteiger partial charge on any atom is 0.317 e. The topological polar surface area (TPSA) is 57.7 Å². The molecule has 1 spiro atoms. The molecule has 2 atom stereocenters. The summed E-state index contributed by atoms with van der Waals surface area (Å²) in [5, 5.41) is 6.33. The van der Waals surface area contributed by atoms with Crippen LogP contribution in [0.4, 0.5) is 4.79 Å². The van der Waals surface area contributed by atoms with Crippen molar-refractivity contribution in [3.63, 3.8) is 0 Å². The molecule has 1 saturated carbocycles. The first-order chi connectivity index (χ1) is 12.2. The highest BCUT2D eigenvalue weighted by molar-refractivity contribution is 7.09. The number of carbonyl (C=O) groups excluding carboxylic acids is 1. The Balaban J connectivity index is 1.21. The summed E-state index contributed by atoms with van der Waals surface area (Å²) in [6.07, 6.45) is 6.46. The second-order valence-electron chi connectivity index (χ2n) is 7.83. The van der Waals surface area contributed by atoms with Gasteiger partial charge in [0.05, 0.1) is 13.2 Å². The van der Waals surface area contributed by atoms with E-state index in [-0.39, 0.29) is 6.03 Å². The molecule has 0 aromatic carbocycles. The van der Waals surface area contributed by atoms with Crippen molar-refractivity contribution in [3.8, 4) is 0 Å². The number of amides is 2. The van der Waals surface area contributed by atoms with E-state index in [0.29, 0.717) is 17.4 Å². The first kappa shape index (κ1) is 17.2. The molecule has 2 amide bonds. The fourth-order valence-electron chi connectivity index (χ4n) is 4.38. The van der Waals surface area contributed by atoms with Gasteiger partial charge in [0.15, 0.2) is 0 Å². The highest BCUT2D eigenvalue weighted by Crippen LogP contribution is 2.56. The summed E-state index contributed by atoms with van der Waals surface area (Å²) >= 11 is 1.73. The van der Waals surface area contributed by atoms with Crippen LogP contribution in [0.5, 0.6) is 0 Å². The number of carbonyl (C=O) groups is 1. The standard InChI is InChI=1S/C18H28N4O2S/c1-21(12-16-19-5-9-25-16)15-10-18(15)3-6-22(7-4-18)17(23)20-11-14-2-8-24-13-14/h5,9,14-15H,2-4,6-8,10-13H2,1H3,(H,20,23)/t14-,15-/m1/s1. The smallest absolute Gasteiger partial charge is 0.317 e. The van der Waals surface area contributed by atoms with Crippen molar-refractivity contribution >= 4 is 17.4 Å². The minimum Gasteiger partial charge on any atom is -0.381 e. The first-order valence-electron chi connectivity index (χ1n) is 9.35. The van der Waals surface area contributed by atoms with Gasteiger partial charge in [0, 0.05) is 49.8 Å². The highest BCUT2D eigenvalue weighted by atomic mass is 32.1. The van der Waals surface area contributed by atoms with Crippen LogP contribution in [0, 0.1) is 11.3 Å². The number of hydrogen-bond acceptors (Lipinski definition) is 5. The molecule has 25 heavy (non-hydrogen) atoms. The Morgan fingerprint density at radius 2 is 2.36 bits per heavy atom. The summed E-state index contributed by atoms with van der Waals surface area (Å²) in [4.78, 5) is 21.2. The molecule has 2 aliphatic heterocycles. The van der Waals surface area contributed by atoms with Crippen molar-refractivity contribution in [2.45, 2.75) is 38.3 Å². The van der Waals surface area contributed by atoms with Crippen LogP contribution in [0.1, 0.15) is 30.7 Å². The van der Waals surface area contributed by atoms with Gasteiger partial charge < -0.3 is 15.0 Å². The Morgan fingerprint density at radius 1 is 1.52 bits per heavy atom. The number of likely N-dealkylation sites (tertiary alicyclic amines) is 1. The lowest BCUT2D eigenvalue weighted by Crippen LogP contribution is -2.47. The zero-order valence-corrected chi connectivity index (χ0v) is 15.8. The molecule has 1 aromatic rings. The summed E-state index contributed by atoms with van der Waals surface area (Å²) in [5.74, 6) is 0.493. The van der Waals surface area contributed by atoms with Crippen molar-refractivity contribution in [1.82, 2.24) is 20.1 Å². The molecule has 0 radical (unpaired) electrons. The Labute approximate surface area is 153 Å². The van der Waals surface area contributed by atoms with Gasteiger partial charge >= 0.3 is 6.03 Å². The summed E-state index contributed by atoms with van der Waals surface area (Å²) in [5.41, 5.74) is 0.433. The Morgan fingerprint density at radius 3 is 3.04 bits per heavy atom. The van der Waals surface area contributed by atoms with Crippen LogP contribution in [-0.4, -0.2) is 66.8 Å². The quantitative estimate of drug-likeness (QED) is 0.870. The number of rotatable bonds is 5. The molecule has 1 aromatic heterocycles. The molecule has 1 aliphatic carbocycles. The fraction of sp³-hybridized carbons (Fsp3) is 0.778. The van der Waals surface area contributed by atoms with Crippen molar-refractivity contribution < 1.29 is 9.53 Å². The van der Waals surface area contributed by atoms with Gasteiger partial charge in [-0.05, 0) is 38.1 Å². The lowest BCUT2D eigenvalue weighted by Gasteiger charge is -2.34. The van der Waals surface area contributed by atoms with Crippen LogP contribution >= 0.6 is 11.3 Å². The van der Waals surface area contributed by atoms with E-state index in [1.165, 1.54) is 11.4 Å². The molecular formula is C18H28N4O2S. The highest BCUT2D eigenvalue weighted by Gasteiger charge is 2.56. The average molecular weight is 365 g/mol. The van der Waals surface area contributed by atoms with E-state index < -0.39 is 0 Å². The van der Waals surface area contributed by atoms with Crippen molar-refractivity contribution in [3.05, 3.63) is 16.6 Å². The predicted octanol–water partition coefficient (Wildman–Crippen LogP) is 2.18. The number of nitrogens with one attached hydrogen (secondary N) is 1. The van der Waals surface area contributed by atoms with Gasteiger partial charge in [-0.2, -0.15) is 0 Å². The Hall–Kier alpha value is -1.18. The Kier molecular flexibility index (Phi) is 4.97. The third-order valence-corrected chi connectivity index (χ3v) is 6.92. The summed E-state index contributed by atoms with van der Waals surface area (Å²) in [6.45, 7) is 5.08. The van der Waals surface area contributed by atoms with E-state index in [0.717, 1.165) is 58.7 Å². The minimum absolute atomic E-state index is 0.107. The number of piperidine rings is 1. The van der Waals surface area contributed by atoms with E-state index in [4.69, 9.17) is 4.74 Å². The van der Waals surface area contributed by atoms with Crippen LogP contribution in [-0.2, 0) is 11.3 Å². The molecule has 6 nitrogen and oxygen atoms in total. The second-order valence-corrected chi connectivity index (χ2v) is 8.81. The number of nitrogens with zero attached hydrogens (tertiary/aromatic N) is 3. The number of ether oxygens (including phenoxy) is 1. The third kappa shape index (κ3) is 3.83. The maximum atomic E-state index is 12.4. The van der Waals surface area contributed by atoms with Crippen LogP contribution in [0.3, 0.4) is 0 Å². The normalized spacial score (nSPS) is 27.8. The molecule has 138 valence electrons. The van der Waals surface area contributed by atoms with E-state index >= 15 is 0 Å². The fourth-order valence-corrected chi connectivity index (χ4v) is 5.06. The molecule has 7 heteroatoms. The van der Waals surface area contributed by atoms with Gasteiger partial charge in [-0.25, -0.2) is 9.78 Å². The van der Waals surface area contributed by atoms with Crippen molar-refractivity contribution in [2.75, 3.05) is 39.9 Å². The molecule has 3 fully saturated rings. The zero-order valence-electron chi connectivity index (χ0n) is 14.9. The van der Waals surface area contributed by atoms with Gasteiger partial charge in [0.1, 0.15) is 5.01 Å². The van der Waals surface area contributed by atoms with Crippen LogP contribution in [0.25, 0.3) is 0 Å². The number of urea groups is 1. The lowest BCUT2D eigenvalue weighted by atomic mass is 9.92. The molecule has 3 heterocycles. The van der Waals surface area contributed by atoms with Crippen molar-refractivity contribution in [2.24, 2.45) is 11.3 Å². The second kappa shape index (κ2) is 7.21. The van der Waals surface area contributed by atoms with E-state index in [1.54, 1.807) is 11.3 Å². The van der Waals surface area contributed by atoms with E-state index in [1.807, 2.05) is 16.5 Å². The molecule has 4 rings (SSSR count). The summed E-state index contributed by atoms with van der Waals surface area (Å²) < 4.78 is 5.37. The summed E-state index contributed by atoms with van der Waals surface area (Å²) in [6, 6.07) is 0.757. The first-order valence-corrected chi connectivity index (χ1v) is 10.2. The molecule has 2 saturated heterocycles. The van der Waals surface area contributed by atoms with Gasteiger partial charge in [-0.15, -0.1) is 11.3 Å². The molecular weight excluding hydrogens is 336 g/mol. The van der Waals surface area contributed by atoms with Gasteiger partial charge in [0.2, 0.25) is 0 Å². The monoisotopic (exact) mass is 364 g/mol. The van der Waals surface area contributed by atoms with Crippen LogP contribution in [0.2, 0.25) is 0 Å². The molecule has 3 aliphatic rings. The third-order valence-electron chi connectivity index (χ3n) is 6.16. The van der Waals surface area contributed by atoms with Gasteiger partial charge in [-0.3, -0.25) is 4.90 Å². The average Bonchev–Trinajstić information content (AvgIpc) is 3.04. The Bertz CT molecular complexity index is 580. The molecule has 0 unspecified atom stereocenters. The maximum absolute atomic E-state index is 12.4. The SMILES string of the molecule is CN(Cc1nccs1)[C@@H]1CC12CCN(C(=O)NC[C@H]1CCOC1)CC2. The molecule has 0 bridgehead atoms. The molecule has 1 N–H and O–H groups in total. The predicted molar refractivity (Wildman–Crippen MR) is 97.6 cm³/mol. The van der Waals surface area contributed by atoms with Gasteiger partial charge in [-0.1, -0.05) is 0 Å². The largest absolute Gasteiger partial charge is 0.381 e. The summed E-state index contributed by atoms with van der Waals surface area (Å²) in [7, 11) is 2.21. The lowest BCUT2D eigenvalue weighted by molar-refractivity contribution is 0.146.